The van der Waals surface area contributed by atoms with Gasteiger partial charge in [-0.2, -0.15) is 12.6 Å². The van der Waals surface area contributed by atoms with Crippen LogP contribution < -0.4 is 22.1 Å². The van der Waals surface area contributed by atoms with Gasteiger partial charge in [0.2, 0.25) is 23.6 Å². The van der Waals surface area contributed by atoms with Gasteiger partial charge in [-0.25, -0.2) is 0 Å². The van der Waals surface area contributed by atoms with Crippen molar-refractivity contribution < 1.29 is 29.1 Å². The van der Waals surface area contributed by atoms with Crippen LogP contribution in [0.4, 0.5) is 0 Å². The average molecular weight is 417 g/mol. The molecule has 1 aliphatic heterocycles. The van der Waals surface area contributed by atoms with Crippen molar-refractivity contribution in [3.63, 3.8) is 0 Å². The molecule has 4 atom stereocenters. The van der Waals surface area contributed by atoms with Gasteiger partial charge >= 0.3 is 5.97 Å². The number of amides is 4. The highest BCUT2D eigenvalue weighted by Gasteiger charge is 2.38. The molecule has 0 saturated carbocycles. The third kappa shape index (κ3) is 6.68. The fourth-order valence-corrected chi connectivity index (χ4v) is 3.02. The molecule has 4 amide bonds. The van der Waals surface area contributed by atoms with Crippen molar-refractivity contribution in [2.24, 2.45) is 11.5 Å². The minimum atomic E-state index is -1.19. The van der Waals surface area contributed by atoms with Crippen LogP contribution in [0, 0.1) is 0 Å². The van der Waals surface area contributed by atoms with E-state index in [1.165, 1.54) is 11.8 Å². The van der Waals surface area contributed by atoms with Gasteiger partial charge in [0, 0.05) is 18.7 Å². The van der Waals surface area contributed by atoms with Crippen LogP contribution >= 0.6 is 12.6 Å². The number of rotatable bonds is 10. The lowest BCUT2D eigenvalue weighted by molar-refractivity contribution is -0.144. The first-order chi connectivity index (χ1) is 13.1. The largest absolute Gasteiger partial charge is 0.480 e. The van der Waals surface area contributed by atoms with E-state index in [4.69, 9.17) is 16.6 Å². The quantitative estimate of drug-likeness (QED) is 0.213. The van der Waals surface area contributed by atoms with E-state index in [2.05, 4.69) is 23.3 Å². The Bertz CT molecular complexity index is 631. The maximum Gasteiger partial charge on any atom is 0.325 e. The lowest BCUT2D eigenvalue weighted by atomic mass is 10.1. The maximum absolute atomic E-state index is 12.8. The van der Waals surface area contributed by atoms with Crippen LogP contribution in [0.15, 0.2) is 0 Å². The van der Waals surface area contributed by atoms with Crippen molar-refractivity contribution in [2.45, 2.75) is 56.8 Å². The van der Waals surface area contributed by atoms with Gasteiger partial charge in [-0.1, -0.05) is 0 Å². The number of thiol groups is 1. The molecule has 0 spiro atoms. The number of carboxylic acids is 1. The molecule has 7 N–H and O–H groups in total. The highest BCUT2D eigenvalue weighted by molar-refractivity contribution is 7.80. The van der Waals surface area contributed by atoms with E-state index in [-0.39, 0.29) is 18.6 Å². The lowest BCUT2D eigenvalue weighted by Gasteiger charge is -2.29. The Balaban J connectivity index is 2.74. The topological polar surface area (TPSA) is 185 Å². The molecule has 1 aliphatic rings. The molecule has 158 valence electrons. The second-order valence-electron chi connectivity index (χ2n) is 6.61. The van der Waals surface area contributed by atoms with Crippen LogP contribution in [-0.4, -0.2) is 76.1 Å². The van der Waals surface area contributed by atoms with Gasteiger partial charge in [-0.05, 0) is 26.2 Å². The second-order valence-corrected chi connectivity index (χ2v) is 6.98. The average Bonchev–Trinajstić information content (AvgIpc) is 3.12. The van der Waals surface area contributed by atoms with Crippen molar-refractivity contribution in [2.75, 3.05) is 12.3 Å². The predicted molar refractivity (Wildman–Crippen MR) is 102 cm³/mol. The first-order valence-corrected chi connectivity index (χ1v) is 9.50. The first-order valence-electron chi connectivity index (χ1n) is 8.87. The van der Waals surface area contributed by atoms with Crippen LogP contribution in [-0.2, 0) is 24.0 Å². The molecule has 4 unspecified atom stereocenters. The summed E-state index contributed by atoms with van der Waals surface area (Å²) in [5, 5.41) is 13.7. The summed E-state index contributed by atoms with van der Waals surface area (Å²) in [6.45, 7) is 1.62. The lowest BCUT2D eigenvalue weighted by Crippen LogP contribution is -2.57. The molecule has 1 saturated heterocycles. The van der Waals surface area contributed by atoms with Crippen molar-refractivity contribution in [1.29, 1.82) is 0 Å². The summed E-state index contributed by atoms with van der Waals surface area (Å²) < 4.78 is 0. The van der Waals surface area contributed by atoms with Gasteiger partial charge < -0.3 is 32.1 Å². The van der Waals surface area contributed by atoms with Crippen molar-refractivity contribution in [1.82, 2.24) is 15.5 Å². The van der Waals surface area contributed by atoms with E-state index in [0.717, 1.165) is 0 Å². The van der Waals surface area contributed by atoms with Gasteiger partial charge in [0.1, 0.15) is 18.1 Å². The number of likely N-dealkylation sites (tertiary alicyclic amines) is 1. The van der Waals surface area contributed by atoms with Crippen LogP contribution in [0.25, 0.3) is 0 Å². The number of nitrogens with two attached hydrogens (primary N) is 2. The molecule has 1 rings (SSSR count). The summed E-state index contributed by atoms with van der Waals surface area (Å²) in [5.41, 5.74) is 10.7. The molecular formula is C16H27N5O6S. The minimum absolute atomic E-state index is 0.0243. The number of nitrogens with one attached hydrogen (secondary N) is 2. The molecule has 28 heavy (non-hydrogen) atoms. The Hall–Kier alpha value is -2.34. The maximum atomic E-state index is 12.8. The van der Waals surface area contributed by atoms with Crippen molar-refractivity contribution >= 4 is 42.2 Å². The summed E-state index contributed by atoms with van der Waals surface area (Å²) in [6, 6.07) is -3.94. The highest BCUT2D eigenvalue weighted by Crippen LogP contribution is 2.19. The Morgan fingerprint density at radius 2 is 1.89 bits per heavy atom. The standard InChI is InChI=1S/C16H27N5O6S/c1-8(16(26)27)19-14(24)11-3-2-6-21(11)15(25)10(7-28)20-13(23)9(17)4-5-12(18)22/h8-11,28H,2-7,17H2,1H3,(H2,18,22)(H,19,24)(H,20,23)(H,26,27). The summed E-state index contributed by atoms with van der Waals surface area (Å²) >= 11 is 4.08. The number of hydrogen-bond acceptors (Lipinski definition) is 7. The monoisotopic (exact) mass is 417 g/mol. The zero-order chi connectivity index (χ0) is 21.4. The fraction of sp³-hybridized carbons (Fsp3) is 0.688. The summed E-state index contributed by atoms with van der Waals surface area (Å²) in [6.07, 6.45) is 0.923. The third-order valence-electron chi connectivity index (χ3n) is 4.40. The fourth-order valence-electron chi connectivity index (χ4n) is 2.77. The molecule has 0 aliphatic carbocycles. The Morgan fingerprint density at radius 3 is 2.43 bits per heavy atom. The van der Waals surface area contributed by atoms with Gasteiger partial charge in [-0.3, -0.25) is 24.0 Å². The van der Waals surface area contributed by atoms with Crippen LogP contribution in [0.3, 0.4) is 0 Å². The van der Waals surface area contributed by atoms with Crippen LogP contribution in [0.5, 0.6) is 0 Å². The zero-order valence-corrected chi connectivity index (χ0v) is 16.5. The van der Waals surface area contributed by atoms with Crippen LogP contribution in [0.2, 0.25) is 0 Å². The molecule has 0 aromatic heterocycles. The molecule has 0 radical (unpaired) electrons. The van der Waals surface area contributed by atoms with E-state index >= 15 is 0 Å². The molecule has 12 heteroatoms. The number of nitrogens with zero attached hydrogens (tertiary/aromatic N) is 1. The van der Waals surface area contributed by atoms with E-state index in [0.29, 0.717) is 19.4 Å². The second kappa shape index (κ2) is 10.9. The molecule has 11 nitrogen and oxygen atoms in total. The van der Waals surface area contributed by atoms with E-state index < -0.39 is 53.8 Å². The predicted octanol–water partition coefficient (Wildman–Crippen LogP) is -2.43. The van der Waals surface area contributed by atoms with Crippen molar-refractivity contribution in [3.05, 3.63) is 0 Å². The molecule has 0 aromatic rings. The summed E-state index contributed by atoms with van der Waals surface area (Å²) in [4.78, 5) is 60.3. The Morgan fingerprint density at radius 1 is 1.25 bits per heavy atom. The molecular weight excluding hydrogens is 390 g/mol. The molecule has 0 aromatic carbocycles. The molecule has 1 fully saturated rings. The Labute approximate surface area is 168 Å². The van der Waals surface area contributed by atoms with Gasteiger partial charge in [-0.15, -0.1) is 0 Å². The van der Waals surface area contributed by atoms with E-state index in [1.54, 1.807) is 0 Å². The minimum Gasteiger partial charge on any atom is -0.480 e. The van der Waals surface area contributed by atoms with Gasteiger partial charge in [0.05, 0.1) is 6.04 Å². The van der Waals surface area contributed by atoms with Crippen LogP contribution in [0.1, 0.15) is 32.6 Å². The van der Waals surface area contributed by atoms with E-state index in [1.807, 2.05) is 0 Å². The normalized spacial score (nSPS) is 19.4. The van der Waals surface area contributed by atoms with Gasteiger partial charge in [0.25, 0.3) is 0 Å². The van der Waals surface area contributed by atoms with Crippen molar-refractivity contribution in [3.8, 4) is 0 Å². The number of hydrogen-bond donors (Lipinski definition) is 6. The number of aliphatic carboxylic acids is 1. The number of primary amides is 1. The van der Waals surface area contributed by atoms with Gasteiger partial charge in [0.15, 0.2) is 0 Å². The number of carboxylic acid groups (broad SMARTS) is 1. The first kappa shape index (κ1) is 23.7. The zero-order valence-electron chi connectivity index (χ0n) is 15.6. The summed E-state index contributed by atoms with van der Waals surface area (Å²) in [7, 11) is 0. The smallest absolute Gasteiger partial charge is 0.325 e. The Kier molecular flexibility index (Phi) is 9.19. The number of carbonyl (C=O) groups is 5. The number of carbonyl (C=O) groups excluding carboxylic acids is 4. The highest BCUT2D eigenvalue weighted by atomic mass is 32.1. The third-order valence-corrected chi connectivity index (χ3v) is 4.77. The summed E-state index contributed by atoms with van der Waals surface area (Å²) in [5.74, 6) is -3.51. The molecule has 1 heterocycles. The van der Waals surface area contributed by atoms with E-state index in [9.17, 15) is 24.0 Å². The SMILES string of the molecule is CC(NC(=O)C1CCCN1C(=O)C(CS)NC(=O)C(N)CCC(N)=O)C(=O)O. The molecule has 0 bridgehead atoms.